The molecule has 1 aromatic heterocycles. The van der Waals surface area contributed by atoms with E-state index in [0.29, 0.717) is 22.6 Å². The lowest BCUT2D eigenvalue weighted by atomic mass is 9.72. The molecule has 6 N–H and O–H groups in total. The number of rotatable bonds is 7. The fraction of sp³-hybridized carbons (Fsp3) is 0.333. The molecule has 3 aromatic rings. The maximum absolute atomic E-state index is 11.6. The van der Waals surface area contributed by atoms with Crippen molar-refractivity contribution in [2.24, 2.45) is 17.1 Å². The number of phenolic OH excluding ortho intramolecular Hbond substituents is 1. The van der Waals surface area contributed by atoms with Crippen molar-refractivity contribution in [2.75, 3.05) is 41.7 Å². The number of aromatic hydroxyl groups is 1. The van der Waals surface area contributed by atoms with Gasteiger partial charge < -0.3 is 31.5 Å². The zero-order chi connectivity index (χ0) is 25.6. The zero-order valence-corrected chi connectivity index (χ0v) is 21.2. The van der Waals surface area contributed by atoms with Crippen molar-refractivity contribution in [3.8, 4) is 5.75 Å². The van der Waals surface area contributed by atoms with Crippen molar-refractivity contribution in [2.45, 2.75) is 19.8 Å². The minimum Gasteiger partial charge on any atom is -0.507 e. The number of aromatic nitrogens is 1. The number of hydrogen-bond donors (Lipinski definition) is 4. The standard InChI is InChI=1S/C27H31N5O3S/c1-16(2)25(26(34)35)22-11-24(36-30-22)32-14-27(15-32)12-31(13-27)18-8-7-17(20(28)10-18)9-21(29)19-5-3-4-6-23(19)33/h3-11,16,25,33H,12-15,28-29H2,1-2H3,(H,34,35)/b21-9-. The van der Waals surface area contributed by atoms with Crippen molar-refractivity contribution in [1.82, 2.24) is 4.37 Å². The molecule has 1 unspecified atom stereocenters. The molecule has 0 aliphatic carbocycles. The summed E-state index contributed by atoms with van der Waals surface area (Å²) in [6.07, 6.45) is 1.78. The Labute approximate surface area is 214 Å². The summed E-state index contributed by atoms with van der Waals surface area (Å²) in [5.74, 6) is -1.26. The molecule has 2 aliphatic rings. The second-order valence-electron chi connectivity index (χ2n) is 10.3. The zero-order valence-electron chi connectivity index (χ0n) is 20.4. The molecule has 1 spiro atoms. The highest BCUT2D eigenvalue weighted by Gasteiger charge is 2.52. The summed E-state index contributed by atoms with van der Waals surface area (Å²) in [4.78, 5) is 16.2. The van der Waals surface area contributed by atoms with Crippen molar-refractivity contribution in [3.05, 3.63) is 65.4 Å². The lowest BCUT2D eigenvalue weighted by Gasteiger charge is -2.61. The molecule has 36 heavy (non-hydrogen) atoms. The number of hydrogen-bond acceptors (Lipinski definition) is 8. The number of nitrogens with zero attached hydrogens (tertiary/aromatic N) is 3. The van der Waals surface area contributed by atoms with Crippen LogP contribution in [0, 0.1) is 11.3 Å². The van der Waals surface area contributed by atoms with Gasteiger partial charge in [0, 0.05) is 54.2 Å². The Morgan fingerprint density at radius 1 is 1.11 bits per heavy atom. The molecule has 2 saturated heterocycles. The molecule has 0 saturated carbocycles. The summed E-state index contributed by atoms with van der Waals surface area (Å²) in [6, 6.07) is 14.9. The summed E-state index contributed by atoms with van der Waals surface area (Å²) in [7, 11) is 0. The number of aliphatic carboxylic acids is 1. The average molecular weight is 506 g/mol. The second kappa shape index (κ2) is 9.05. The number of phenols is 1. The molecule has 2 aromatic carbocycles. The molecule has 0 amide bonds. The molecule has 2 aliphatic heterocycles. The van der Waals surface area contributed by atoms with E-state index in [-0.39, 0.29) is 17.1 Å². The molecule has 5 rings (SSSR count). The van der Waals surface area contributed by atoms with Gasteiger partial charge in [0.25, 0.3) is 0 Å². The molecule has 2 fully saturated rings. The van der Waals surface area contributed by atoms with Crippen LogP contribution in [-0.4, -0.2) is 46.7 Å². The number of carbonyl (C=O) groups is 1. The lowest BCUT2D eigenvalue weighted by Crippen LogP contribution is -2.72. The first-order valence-corrected chi connectivity index (χ1v) is 12.8. The molecule has 0 radical (unpaired) electrons. The van der Waals surface area contributed by atoms with E-state index >= 15 is 0 Å². The number of nitrogen functional groups attached to an aromatic ring is 1. The monoisotopic (exact) mass is 505 g/mol. The van der Waals surface area contributed by atoms with E-state index < -0.39 is 11.9 Å². The number of anilines is 3. The third-order valence-corrected chi connectivity index (χ3v) is 8.01. The summed E-state index contributed by atoms with van der Waals surface area (Å²) < 4.78 is 4.45. The smallest absolute Gasteiger partial charge is 0.312 e. The van der Waals surface area contributed by atoms with Crippen LogP contribution in [0.25, 0.3) is 11.8 Å². The fourth-order valence-electron chi connectivity index (χ4n) is 5.25. The summed E-state index contributed by atoms with van der Waals surface area (Å²) in [5.41, 5.74) is 17.0. The summed E-state index contributed by atoms with van der Waals surface area (Å²) in [5, 5.41) is 20.6. The van der Waals surface area contributed by atoms with Gasteiger partial charge in [-0.2, -0.15) is 4.37 Å². The number of carboxylic acid groups (broad SMARTS) is 1. The largest absolute Gasteiger partial charge is 0.507 e. The van der Waals surface area contributed by atoms with Gasteiger partial charge in [-0.15, -0.1) is 0 Å². The summed E-state index contributed by atoms with van der Waals surface area (Å²) in [6.45, 7) is 7.62. The second-order valence-corrected chi connectivity index (χ2v) is 11.1. The van der Waals surface area contributed by atoms with Crippen LogP contribution in [0.2, 0.25) is 0 Å². The van der Waals surface area contributed by atoms with Crippen LogP contribution in [0.15, 0.2) is 48.5 Å². The Morgan fingerprint density at radius 2 is 1.81 bits per heavy atom. The third-order valence-electron chi connectivity index (χ3n) is 7.15. The fourth-order valence-corrected chi connectivity index (χ4v) is 6.03. The topological polar surface area (TPSA) is 129 Å². The van der Waals surface area contributed by atoms with Crippen LogP contribution in [0.5, 0.6) is 5.75 Å². The van der Waals surface area contributed by atoms with Crippen LogP contribution < -0.4 is 21.3 Å². The Hall–Kier alpha value is -3.72. The van der Waals surface area contributed by atoms with Crippen LogP contribution in [-0.2, 0) is 4.79 Å². The van der Waals surface area contributed by atoms with Crippen LogP contribution in [0.4, 0.5) is 16.4 Å². The normalized spacial score (nSPS) is 17.7. The maximum Gasteiger partial charge on any atom is 0.312 e. The van der Waals surface area contributed by atoms with Crippen molar-refractivity contribution in [1.29, 1.82) is 0 Å². The van der Waals surface area contributed by atoms with Gasteiger partial charge in [0.15, 0.2) is 0 Å². The number of nitrogens with two attached hydrogens (primary N) is 2. The van der Waals surface area contributed by atoms with E-state index in [0.717, 1.165) is 42.4 Å². The highest BCUT2D eigenvalue weighted by atomic mass is 32.1. The first-order valence-electron chi connectivity index (χ1n) is 12.0. The lowest BCUT2D eigenvalue weighted by molar-refractivity contribution is -0.139. The molecular weight excluding hydrogens is 474 g/mol. The van der Waals surface area contributed by atoms with Crippen molar-refractivity contribution < 1.29 is 15.0 Å². The predicted molar refractivity (Wildman–Crippen MR) is 145 cm³/mol. The first-order chi connectivity index (χ1) is 17.2. The van der Waals surface area contributed by atoms with E-state index in [1.54, 1.807) is 24.3 Å². The Morgan fingerprint density at radius 3 is 2.44 bits per heavy atom. The van der Waals surface area contributed by atoms with Crippen LogP contribution in [0.1, 0.15) is 36.6 Å². The van der Waals surface area contributed by atoms with E-state index in [2.05, 4.69) is 20.2 Å². The predicted octanol–water partition coefficient (Wildman–Crippen LogP) is 4.04. The number of benzene rings is 2. The van der Waals surface area contributed by atoms with Gasteiger partial charge in [-0.1, -0.05) is 32.0 Å². The maximum atomic E-state index is 11.6. The minimum absolute atomic E-state index is 0.00313. The highest BCUT2D eigenvalue weighted by molar-refractivity contribution is 7.10. The van der Waals surface area contributed by atoms with Gasteiger partial charge >= 0.3 is 5.97 Å². The molecule has 188 valence electrons. The van der Waals surface area contributed by atoms with E-state index in [1.165, 1.54) is 11.5 Å². The number of para-hydroxylation sites is 1. The molecule has 1 atom stereocenters. The van der Waals surface area contributed by atoms with Gasteiger partial charge in [0.1, 0.15) is 16.7 Å². The first kappa shape index (κ1) is 24.0. The van der Waals surface area contributed by atoms with Gasteiger partial charge in [0.05, 0.1) is 5.69 Å². The van der Waals surface area contributed by atoms with E-state index in [1.807, 2.05) is 38.1 Å². The SMILES string of the molecule is CC(C)C(C(=O)O)c1cc(N2CC3(CN(c4ccc(/C=C(\N)c5ccccc5O)c(N)c4)C3)C2)sn1. The molecule has 8 nitrogen and oxygen atoms in total. The Kier molecular flexibility index (Phi) is 6.04. The molecular formula is C27H31N5O3S. The molecule has 0 bridgehead atoms. The van der Waals surface area contributed by atoms with Gasteiger partial charge in [0.2, 0.25) is 0 Å². The van der Waals surface area contributed by atoms with Gasteiger partial charge in [-0.3, -0.25) is 4.79 Å². The Balaban J connectivity index is 1.20. The van der Waals surface area contributed by atoms with E-state index in [9.17, 15) is 15.0 Å². The molecule has 3 heterocycles. The van der Waals surface area contributed by atoms with Gasteiger partial charge in [-0.05, 0) is 59.4 Å². The summed E-state index contributed by atoms with van der Waals surface area (Å²) >= 11 is 1.39. The van der Waals surface area contributed by atoms with Crippen LogP contribution in [0.3, 0.4) is 0 Å². The van der Waals surface area contributed by atoms with Crippen molar-refractivity contribution in [3.63, 3.8) is 0 Å². The molecule has 9 heteroatoms. The Bertz CT molecular complexity index is 1320. The average Bonchev–Trinajstić information content (AvgIpc) is 3.22. The number of carboxylic acids is 1. The minimum atomic E-state index is -0.821. The third kappa shape index (κ3) is 4.35. The highest BCUT2D eigenvalue weighted by Crippen LogP contribution is 2.45. The quantitative estimate of drug-likeness (QED) is 0.280. The van der Waals surface area contributed by atoms with Crippen molar-refractivity contribution >= 4 is 45.7 Å². The van der Waals surface area contributed by atoms with Crippen LogP contribution >= 0.6 is 11.5 Å². The van der Waals surface area contributed by atoms with Gasteiger partial charge in [-0.25, -0.2) is 0 Å². The van der Waals surface area contributed by atoms with E-state index in [4.69, 9.17) is 11.5 Å².